The number of aromatic nitrogens is 12. The maximum Gasteiger partial charge on any atom is 0.573 e. The van der Waals surface area contributed by atoms with Crippen molar-refractivity contribution in [2.24, 2.45) is 21.1 Å². The second kappa shape index (κ2) is 39.4. The number of halogens is 16. The van der Waals surface area contributed by atoms with Gasteiger partial charge in [0.05, 0.1) is 6.61 Å². The van der Waals surface area contributed by atoms with Crippen molar-refractivity contribution in [2.75, 3.05) is 18.5 Å². The second-order valence-electron chi connectivity index (χ2n) is 27.0. The van der Waals surface area contributed by atoms with Gasteiger partial charge in [0.1, 0.15) is 52.2 Å². The van der Waals surface area contributed by atoms with Gasteiger partial charge in [0.25, 0.3) is 16.7 Å². The zero-order valence-electron chi connectivity index (χ0n) is 63.6. The molecule has 1 fully saturated rings. The number of nitrogens with zero attached hydrogens (tertiary/aromatic N) is 11. The van der Waals surface area contributed by atoms with Gasteiger partial charge in [-0.2, -0.15) is 0 Å². The van der Waals surface area contributed by atoms with E-state index in [-0.39, 0.29) is 126 Å². The van der Waals surface area contributed by atoms with Crippen molar-refractivity contribution in [3.05, 3.63) is 273 Å². The molecular formula is C79H76BrCl3F12N12O11. The molecule has 6 aromatic carbocycles. The van der Waals surface area contributed by atoms with Crippen molar-refractivity contribution < 1.29 is 76.4 Å². The van der Waals surface area contributed by atoms with Gasteiger partial charge in [0.2, 0.25) is 0 Å². The topological polar surface area (TPSA) is 242 Å². The van der Waals surface area contributed by atoms with E-state index in [9.17, 15) is 81.5 Å². The zero-order valence-corrected chi connectivity index (χ0v) is 67.4. The molecule has 1 atom stereocenters. The third kappa shape index (κ3) is 23.3. The molecule has 118 heavy (non-hydrogen) atoms. The molecule has 1 unspecified atom stereocenters. The quantitative estimate of drug-likeness (QED) is 0.0318. The van der Waals surface area contributed by atoms with Gasteiger partial charge in [0.15, 0.2) is 39.8 Å². The van der Waals surface area contributed by atoms with Crippen LogP contribution in [0.4, 0.5) is 52.7 Å². The Kier molecular flexibility index (Phi) is 30.1. The Bertz CT molecular complexity index is 5680. The van der Waals surface area contributed by atoms with E-state index in [1.807, 2.05) is 13.8 Å². The van der Waals surface area contributed by atoms with E-state index in [4.69, 9.17) is 44.3 Å². The molecule has 23 nitrogen and oxygen atoms in total. The molecule has 0 aliphatic carbocycles. The molecule has 7 heterocycles. The van der Waals surface area contributed by atoms with Gasteiger partial charge in [-0.15, -0.1) is 39.5 Å². The van der Waals surface area contributed by atoms with E-state index in [0.29, 0.717) is 27.9 Å². The Hall–Kier alpha value is -10.4. The number of H-pyrrole nitrogens is 1. The van der Waals surface area contributed by atoms with Crippen LogP contribution in [0.3, 0.4) is 0 Å². The van der Waals surface area contributed by atoms with Crippen molar-refractivity contribution in [1.82, 2.24) is 56.5 Å². The van der Waals surface area contributed by atoms with Crippen molar-refractivity contribution in [3.63, 3.8) is 0 Å². The third-order valence-electron chi connectivity index (χ3n) is 18.5. The Balaban J connectivity index is 0.000000175. The first-order valence-corrected chi connectivity index (χ1v) is 38.9. The molecule has 12 aromatic rings. The Morgan fingerprint density at radius 2 is 0.822 bits per heavy atom. The smallest absolute Gasteiger partial charge is 0.406 e. The van der Waals surface area contributed by atoms with Crippen LogP contribution in [0.2, 0.25) is 15.1 Å². The molecule has 0 amide bonds. The number of hydrogen-bond donors (Lipinski definition) is 1. The van der Waals surface area contributed by atoms with Crippen LogP contribution in [0.15, 0.2) is 156 Å². The predicted molar refractivity (Wildman–Crippen MR) is 421 cm³/mol. The highest BCUT2D eigenvalue weighted by atomic mass is 79.9. The fraction of sp³-hybridized carbons (Fsp3) is 0.354. The first-order chi connectivity index (χ1) is 55.9. The Labute approximate surface area is 686 Å². The minimum absolute atomic E-state index is 0.0517. The molecule has 39 heteroatoms. The minimum Gasteiger partial charge on any atom is -0.406 e. The summed E-state index contributed by atoms with van der Waals surface area (Å²) in [6.07, 6.45) is -8.21. The number of imidazole rings is 3. The second-order valence-corrected chi connectivity index (χ2v) is 29.1. The number of aromatic amines is 1. The van der Waals surface area contributed by atoms with Crippen LogP contribution in [-0.2, 0) is 82.6 Å². The summed E-state index contributed by atoms with van der Waals surface area (Å²) in [5.74, 6) is -3.54. The maximum atomic E-state index is 14.7. The summed E-state index contributed by atoms with van der Waals surface area (Å²) in [7, 11) is 4.37. The monoisotopic (exact) mass is 1780 g/mol. The number of fused-ring (bicyclic) bond motifs is 3. The number of ether oxygens (including phenoxy) is 5. The van der Waals surface area contributed by atoms with Gasteiger partial charge in [-0.25, -0.2) is 42.5 Å². The molecular weight excluding hydrogens is 1710 g/mol. The summed E-state index contributed by atoms with van der Waals surface area (Å²) >= 11 is 21.3. The van der Waals surface area contributed by atoms with Gasteiger partial charge in [-0.3, -0.25) is 42.2 Å². The molecule has 0 saturated carbocycles. The number of alkyl halides is 10. The van der Waals surface area contributed by atoms with Crippen molar-refractivity contribution in [2.45, 2.75) is 143 Å². The van der Waals surface area contributed by atoms with E-state index < -0.39 is 87.5 Å². The van der Waals surface area contributed by atoms with Gasteiger partial charge in [0, 0.05) is 100 Å². The Morgan fingerprint density at radius 1 is 0.475 bits per heavy atom. The molecule has 1 saturated heterocycles. The van der Waals surface area contributed by atoms with Gasteiger partial charge >= 0.3 is 36.2 Å². The molecule has 630 valence electrons. The molecule has 6 aromatic heterocycles. The van der Waals surface area contributed by atoms with Crippen molar-refractivity contribution in [3.8, 4) is 17.2 Å². The fourth-order valence-corrected chi connectivity index (χ4v) is 13.3. The van der Waals surface area contributed by atoms with E-state index >= 15 is 0 Å². The summed E-state index contributed by atoms with van der Waals surface area (Å²) in [6.45, 7) is 6.36. The summed E-state index contributed by atoms with van der Waals surface area (Å²) in [5.41, 5.74) is -1.17. The average Bonchev–Trinajstić information content (AvgIpc) is 1.57. The lowest BCUT2D eigenvalue weighted by Gasteiger charge is -2.22. The minimum atomic E-state index is -4.95. The van der Waals surface area contributed by atoms with Gasteiger partial charge in [-0.05, 0) is 163 Å². The molecule has 1 N–H and O–H groups in total. The highest BCUT2D eigenvalue weighted by Gasteiger charge is 2.35. The first-order valence-electron chi connectivity index (χ1n) is 36.6. The molecule has 13 rings (SSSR count). The summed E-state index contributed by atoms with van der Waals surface area (Å²) in [4.78, 5) is 92.8. The van der Waals surface area contributed by atoms with Gasteiger partial charge < -0.3 is 37.4 Å². The molecule has 1 aliphatic heterocycles. The first kappa shape index (κ1) is 89.9. The number of benzene rings is 6. The number of unbranched alkanes of at least 4 members (excludes halogenated alkanes) is 2. The Morgan fingerprint density at radius 3 is 1.14 bits per heavy atom. The van der Waals surface area contributed by atoms with Crippen LogP contribution in [0.1, 0.15) is 116 Å². The number of nitrogens with one attached hydrogen (secondary N) is 1. The summed E-state index contributed by atoms with van der Waals surface area (Å²) in [5, 5.41) is 2.53. The van der Waals surface area contributed by atoms with E-state index in [1.165, 1.54) is 47.7 Å². The van der Waals surface area contributed by atoms with Crippen LogP contribution in [0, 0.1) is 17.5 Å². The maximum absolute atomic E-state index is 14.7. The van der Waals surface area contributed by atoms with Crippen LogP contribution < -0.4 is 48.0 Å². The van der Waals surface area contributed by atoms with Crippen molar-refractivity contribution >= 4 is 84.2 Å². The largest absolute Gasteiger partial charge is 0.573 e. The molecule has 0 bridgehead atoms. The molecule has 0 radical (unpaired) electrons. The van der Waals surface area contributed by atoms with Crippen LogP contribution in [-0.4, -0.2) is 100 Å². The third-order valence-corrected chi connectivity index (χ3v) is 19.8. The normalized spacial score (nSPS) is 13.1. The van der Waals surface area contributed by atoms with Gasteiger partial charge in [-0.1, -0.05) is 114 Å². The lowest BCUT2D eigenvalue weighted by Crippen LogP contribution is -2.39. The van der Waals surface area contributed by atoms with E-state index in [1.54, 1.807) is 81.9 Å². The highest BCUT2D eigenvalue weighted by molar-refractivity contribution is 9.09. The molecule has 0 spiro atoms. The summed E-state index contributed by atoms with van der Waals surface area (Å²) in [6, 6.07) is 28.4. The lowest BCUT2D eigenvalue weighted by molar-refractivity contribution is -0.275. The van der Waals surface area contributed by atoms with Crippen LogP contribution in [0.25, 0.3) is 33.5 Å². The van der Waals surface area contributed by atoms with Crippen LogP contribution >= 0.6 is 50.7 Å². The highest BCUT2D eigenvalue weighted by Crippen LogP contribution is 2.32. The zero-order chi connectivity index (χ0) is 85.7. The number of aryl methyl sites for hydroxylation is 3. The fourth-order valence-electron chi connectivity index (χ4n) is 12.6. The SMILES string of the molecule is BrCCCOC1CCCCO1.CCCCn1c(=O)c2c(nc(Cc3cc(OC(F)(F)F)ccc3F)n2Cc2ccc(Cl)cc2)n(C)c1=O.CCCCn1c(=O)c2c(nc(Cc3cc(OC(F)(F)F)ccc3F)n2Cc2ccc(Cl)cc2)n(C)c1=O.Cn1c(=O)[nH]c(=O)c2c1nc(Cc1cc(OC(F)(F)F)ccc1F)n2Cc1ccc(Cl)cc1. The van der Waals surface area contributed by atoms with Crippen LogP contribution in [0.5, 0.6) is 17.2 Å². The standard InChI is InChI=1S/2C25H23ClF4N4O3.C21H15ClF4N4O3.C8H15BrO2/c2*1-3-4-11-33-23(35)21-22(32(2)24(33)36)31-20(34(21)14-15-5-7-17(26)8-6-15)13-16-12-18(9-10-19(16)27)37-25(28,29)30;1-29-18-17(19(31)28-20(29)32)30(10-11-2-4-13(22)5-3-11)16(27-18)9-12-8-14(6-7-15(12)23)33-21(24,25)26;9-5-3-7-11-8-4-1-2-6-10-8/h2*5-10,12H,3-4,11,13-14H2,1-2H3;2-8H,9-10H2,1H3,(H,28,31,32);8H,1-7H2. The average molecular weight is 1780 g/mol. The number of rotatable bonds is 25. The summed E-state index contributed by atoms with van der Waals surface area (Å²) < 4.78 is 191. The molecule has 1 aliphatic rings. The predicted octanol–water partition coefficient (Wildman–Crippen LogP) is 16.1. The van der Waals surface area contributed by atoms with E-state index in [2.05, 4.69) is 50.1 Å². The van der Waals surface area contributed by atoms with Crippen molar-refractivity contribution in [1.29, 1.82) is 0 Å². The lowest BCUT2D eigenvalue weighted by atomic mass is 10.1. The number of hydrogen-bond acceptors (Lipinski definition) is 14. The van der Waals surface area contributed by atoms with E-state index in [0.717, 1.165) is 129 Å².